The first-order valence-electron chi connectivity index (χ1n) is 8.37. The fraction of sp³-hybridized carbons (Fsp3) is 0.611. The molecule has 1 aromatic rings. The zero-order valence-electron chi connectivity index (χ0n) is 14.5. The minimum absolute atomic E-state index is 0.605. The molecule has 0 spiro atoms. The Morgan fingerprint density at radius 2 is 2.26 bits per heavy atom. The smallest absolute Gasteiger partial charge is 0.193 e. The van der Waals surface area contributed by atoms with E-state index in [9.17, 15) is 0 Å². The Labute approximate surface area is 139 Å². The third kappa shape index (κ3) is 5.84. The topological polar surface area (TPSA) is 46.1 Å². The number of rotatable bonds is 7. The molecule has 1 atom stereocenters. The number of hydrogen-bond donors (Lipinski definition) is 1. The standard InChI is InChI=1S/C18H29N3O2/c1-4-19-18(21(2)12-17-8-9-23-14-17)20-11-15-6-5-7-16(10-15)13-22-3/h5-7,10,17H,4,8-9,11-14H2,1-3H3,(H,19,20). The molecule has 0 aliphatic carbocycles. The third-order valence-electron chi connectivity index (χ3n) is 3.97. The van der Waals surface area contributed by atoms with Crippen molar-refractivity contribution in [1.82, 2.24) is 10.2 Å². The predicted octanol–water partition coefficient (Wildman–Crippen LogP) is 2.27. The maximum atomic E-state index is 5.46. The number of methoxy groups -OCH3 is 1. The van der Waals surface area contributed by atoms with Crippen molar-refractivity contribution < 1.29 is 9.47 Å². The first-order chi connectivity index (χ1) is 11.2. The number of ether oxygens (including phenoxy) is 2. The molecular weight excluding hydrogens is 290 g/mol. The predicted molar refractivity (Wildman–Crippen MR) is 93.5 cm³/mol. The molecule has 0 saturated carbocycles. The minimum atomic E-state index is 0.605. The summed E-state index contributed by atoms with van der Waals surface area (Å²) in [6.07, 6.45) is 1.14. The Balaban J connectivity index is 1.98. The largest absolute Gasteiger partial charge is 0.381 e. The number of hydrogen-bond acceptors (Lipinski definition) is 3. The molecule has 1 aromatic carbocycles. The first-order valence-corrected chi connectivity index (χ1v) is 8.37. The highest BCUT2D eigenvalue weighted by molar-refractivity contribution is 5.79. The van der Waals surface area contributed by atoms with E-state index in [-0.39, 0.29) is 0 Å². The van der Waals surface area contributed by atoms with Crippen LogP contribution in [0.25, 0.3) is 0 Å². The summed E-state index contributed by atoms with van der Waals surface area (Å²) < 4.78 is 10.7. The molecule has 128 valence electrons. The van der Waals surface area contributed by atoms with Gasteiger partial charge in [-0.05, 0) is 24.5 Å². The lowest BCUT2D eigenvalue weighted by Gasteiger charge is -2.24. The van der Waals surface area contributed by atoms with Crippen molar-refractivity contribution in [2.24, 2.45) is 10.9 Å². The van der Waals surface area contributed by atoms with Crippen LogP contribution in [0.3, 0.4) is 0 Å². The third-order valence-corrected chi connectivity index (χ3v) is 3.97. The van der Waals surface area contributed by atoms with Gasteiger partial charge in [-0.25, -0.2) is 4.99 Å². The summed E-state index contributed by atoms with van der Waals surface area (Å²) in [4.78, 5) is 6.99. The number of nitrogens with zero attached hydrogens (tertiary/aromatic N) is 2. The van der Waals surface area contributed by atoms with Crippen molar-refractivity contribution in [3.8, 4) is 0 Å². The molecule has 5 nitrogen and oxygen atoms in total. The molecule has 1 unspecified atom stereocenters. The Bertz CT molecular complexity index is 499. The number of aliphatic imine (C=N–C) groups is 1. The van der Waals surface area contributed by atoms with Crippen LogP contribution >= 0.6 is 0 Å². The van der Waals surface area contributed by atoms with Crippen LogP contribution < -0.4 is 5.32 Å². The van der Waals surface area contributed by atoms with E-state index in [4.69, 9.17) is 14.5 Å². The second kappa shape index (κ2) is 9.53. The summed E-state index contributed by atoms with van der Waals surface area (Å²) >= 11 is 0. The zero-order valence-corrected chi connectivity index (χ0v) is 14.5. The molecule has 1 aliphatic rings. The number of nitrogens with one attached hydrogen (secondary N) is 1. The quantitative estimate of drug-likeness (QED) is 0.618. The van der Waals surface area contributed by atoms with Crippen LogP contribution in [0.15, 0.2) is 29.3 Å². The second-order valence-electron chi connectivity index (χ2n) is 6.03. The molecule has 23 heavy (non-hydrogen) atoms. The van der Waals surface area contributed by atoms with Crippen molar-refractivity contribution in [3.63, 3.8) is 0 Å². The molecule has 1 N–H and O–H groups in total. The van der Waals surface area contributed by atoms with Crippen molar-refractivity contribution in [1.29, 1.82) is 0 Å². The van der Waals surface area contributed by atoms with Gasteiger partial charge in [-0.2, -0.15) is 0 Å². The summed E-state index contributed by atoms with van der Waals surface area (Å²) in [5, 5.41) is 3.38. The highest BCUT2D eigenvalue weighted by atomic mass is 16.5. The molecular formula is C18H29N3O2. The van der Waals surface area contributed by atoms with Crippen LogP contribution in [-0.2, 0) is 22.6 Å². The van der Waals surface area contributed by atoms with Gasteiger partial charge >= 0.3 is 0 Å². The number of guanidine groups is 1. The summed E-state index contributed by atoms with van der Waals surface area (Å²) in [7, 11) is 3.82. The van der Waals surface area contributed by atoms with E-state index in [1.807, 2.05) is 0 Å². The van der Waals surface area contributed by atoms with Gasteiger partial charge in [0, 0.05) is 39.8 Å². The lowest BCUT2D eigenvalue weighted by molar-refractivity contribution is 0.181. The fourth-order valence-electron chi connectivity index (χ4n) is 2.82. The van der Waals surface area contributed by atoms with Gasteiger partial charge in [-0.1, -0.05) is 24.3 Å². The van der Waals surface area contributed by atoms with Crippen LogP contribution in [0.1, 0.15) is 24.5 Å². The van der Waals surface area contributed by atoms with E-state index in [1.54, 1.807) is 7.11 Å². The Hall–Kier alpha value is -1.59. The van der Waals surface area contributed by atoms with Gasteiger partial charge in [0.1, 0.15) is 0 Å². The molecule has 0 radical (unpaired) electrons. The van der Waals surface area contributed by atoms with E-state index >= 15 is 0 Å². The van der Waals surface area contributed by atoms with Crippen molar-refractivity contribution in [2.75, 3.05) is 40.5 Å². The summed E-state index contributed by atoms with van der Waals surface area (Å²) in [5.41, 5.74) is 2.38. The zero-order chi connectivity index (χ0) is 16.5. The second-order valence-corrected chi connectivity index (χ2v) is 6.03. The van der Waals surface area contributed by atoms with Gasteiger partial charge in [-0.3, -0.25) is 0 Å². The minimum Gasteiger partial charge on any atom is -0.381 e. The van der Waals surface area contributed by atoms with Gasteiger partial charge in [-0.15, -0.1) is 0 Å². The van der Waals surface area contributed by atoms with Gasteiger partial charge in [0.25, 0.3) is 0 Å². The lowest BCUT2D eigenvalue weighted by atomic mass is 10.1. The Kier molecular flexibility index (Phi) is 7.36. The highest BCUT2D eigenvalue weighted by Crippen LogP contribution is 2.13. The van der Waals surface area contributed by atoms with Crippen LogP contribution in [0.2, 0.25) is 0 Å². The van der Waals surface area contributed by atoms with E-state index in [0.29, 0.717) is 19.1 Å². The normalized spacial score (nSPS) is 18.2. The van der Waals surface area contributed by atoms with Crippen LogP contribution in [-0.4, -0.2) is 51.3 Å². The van der Waals surface area contributed by atoms with Crippen molar-refractivity contribution in [3.05, 3.63) is 35.4 Å². The van der Waals surface area contributed by atoms with Crippen molar-refractivity contribution >= 4 is 5.96 Å². The van der Waals surface area contributed by atoms with E-state index in [2.05, 4.69) is 48.5 Å². The average molecular weight is 319 g/mol. The molecule has 1 aliphatic heterocycles. The maximum Gasteiger partial charge on any atom is 0.193 e. The summed E-state index contributed by atoms with van der Waals surface area (Å²) in [5.74, 6) is 1.56. The van der Waals surface area contributed by atoms with Crippen LogP contribution in [0, 0.1) is 5.92 Å². The van der Waals surface area contributed by atoms with Gasteiger partial charge < -0.3 is 19.7 Å². The van der Waals surface area contributed by atoms with Crippen LogP contribution in [0.5, 0.6) is 0 Å². The van der Waals surface area contributed by atoms with Crippen molar-refractivity contribution in [2.45, 2.75) is 26.5 Å². The van der Waals surface area contributed by atoms with Gasteiger partial charge in [0.05, 0.1) is 19.8 Å². The molecule has 0 aromatic heterocycles. The monoisotopic (exact) mass is 319 g/mol. The molecule has 1 heterocycles. The van der Waals surface area contributed by atoms with E-state index in [1.165, 1.54) is 11.1 Å². The van der Waals surface area contributed by atoms with Gasteiger partial charge in [0.15, 0.2) is 5.96 Å². The molecule has 1 fully saturated rings. The Morgan fingerprint density at radius 3 is 2.96 bits per heavy atom. The van der Waals surface area contributed by atoms with E-state index in [0.717, 1.165) is 38.7 Å². The Morgan fingerprint density at radius 1 is 1.43 bits per heavy atom. The highest BCUT2D eigenvalue weighted by Gasteiger charge is 2.18. The first kappa shape index (κ1) is 17.8. The average Bonchev–Trinajstić information content (AvgIpc) is 3.05. The maximum absolute atomic E-state index is 5.46. The molecule has 1 saturated heterocycles. The fourth-order valence-corrected chi connectivity index (χ4v) is 2.82. The SMILES string of the molecule is CCNC(=NCc1cccc(COC)c1)N(C)CC1CCOC1. The molecule has 5 heteroatoms. The lowest BCUT2D eigenvalue weighted by Crippen LogP contribution is -2.41. The van der Waals surface area contributed by atoms with E-state index < -0.39 is 0 Å². The molecule has 2 rings (SSSR count). The summed E-state index contributed by atoms with van der Waals surface area (Å²) in [6.45, 7) is 7.01. The van der Waals surface area contributed by atoms with Gasteiger partial charge in [0.2, 0.25) is 0 Å². The molecule has 0 bridgehead atoms. The molecule has 0 amide bonds. The number of benzene rings is 1. The van der Waals surface area contributed by atoms with Crippen LogP contribution in [0.4, 0.5) is 0 Å². The summed E-state index contributed by atoms with van der Waals surface area (Å²) in [6, 6.07) is 8.40.